The summed E-state index contributed by atoms with van der Waals surface area (Å²) < 4.78 is 34.3. The normalized spacial score (nSPS) is 16.4. The lowest BCUT2D eigenvalue weighted by atomic mass is 9.86. The third-order valence-electron chi connectivity index (χ3n) is 5.40. The lowest BCUT2D eigenvalue weighted by Gasteiger charge is -2.36. The van der Waals surface area contributed by atoms with Gasteiger partial charge in [0, 0.05) is 6.54 Å². The highest BCUT2D eigenvalue weighted by molar-refractivity contribution is 7.92. The van der Waals surface area contributed by atoms with Crippen LogP contribution in [0.15, 0.2) is 53.4 Å². The van der Waals surface area contributed by atoms with Crippen LogP contribution in [0.1, 0.15) is 52.5 Å². The van der Waals surface area contributed by atoms with E-state index in [9.17, 15) is 13.2 Å². The molecule has 0 saturated heterocycles. The average Bonchev–Trinajstić information content (AvgIpc) is 2.75. The lowest BCUT2D eigenvalue weighted by Crippen LogP contribution is -2.50. The monoisotopic (exact) mass is 444 g/mol. The number of nitrogens with one attached hydrogen (secondary N) is 1. The summed E-state index contributed by atoms with van der Waals surface area (Å²) in [5, 5.41) is 2.88. The molecular formula is C24H32N2O4S. The van der Waals surface area contributed by atoms with E-state index in [4.69, 9.17) is 4.74 Å². The molecule has 0 unspecified atom stereocenters. The Bertz CT molecular complexity index is 1010. The fraction of sp³-hybridized carbons (Fsp3) is 0.458. The Balaban J connectivity index is 1.98. The molecule has 7 heteroatoms. The van der Waals surface area contributed by atoms with Crippen LogP contribution < -0.4 is 14.4 Å². The number of hydrogen-bond acceptors (Lipinski definition) is 4. The van der Waals surface area contributed by atoms with E-state index >= 15 is 0 Å². The number of anilines is 1. The number of sulfonamides is 1. The number of nitrogens with zero attached hydrogens (tertiary/aromatic N) is 1. The molecule has 2 aromatic carbocycles. The minimum absolute atomic E-state index is 0.0720. The molecule has 0 fully saturated rings. The molecule has 1 N–H and O–H groups in total. The Labute approximate surface area is 185 Å². The van der Waals surface area contributed by atoms with Crippen LogP contribution in [-0.4, -0.2) is 33.5 Å². The number of hydrogen-bond donors (Lipinski definition) is 1. The number of fused-ring (bicyclic) bond motifs is 1. The highest BCUT2D eigenvalue weighted by Crippen LogP contribution is 2.40. The van der Waals surface area contributed by atoms with Crippen molar-refractivity contribution in [1.29, 1.82) is 0 Å². The summed E-state index contributed by atoms with van der Waals surface area (Å²) in [4.78, 5) is 12.9. The minimum atomic E-state index is -3.86. The van der Waals surface area contributed by atoms with Crippen LogP contribution in [-0.2, 0) is 20.2 Å². The van der Waals surface area contributed by atoms with Gasteiger partial charge >= 0.3 is 0 Å². The van der Waals surface area contributed by atoms with E-state index in [2.05, 4.69) is 33.0 Å². The predicted octanol–water partition coefficient (Wildman–Crippen LogP) is 4.25. The van der Waals surface area contributed by atoms with Gasteiger partial charge in [-0.05, 0) is 41.7 Å². The van der Waals surface area contributed by atoms with Crippen LogP contribution in [0.3, 0.4) is 0 Å². The number of carbonyl (C=O) groups is 1. The Morgan fingerprint density at radius 3 is 2.48 bits per heavy atom. The summed E-state index contributed by atoms with van der Waals surface area (Å²) in [5.41, 5.74) is 1.29. The van der Waals surface area contributed by atoms with Gasteiger partial charge in [0.05, 0.1) is 17.1 Å². The summed E-state index contributed by atoms with van der Waals surface area (Å²) in [5.74, 6) is 0.0994. The van der Waals surface area contributed by atoms with Crippen molar-refractivity contribution < 1.29 is 17.9 Å². The van der Waals surface area contributed by atoms with Crippen LogP contribution in [0.25, 0.3) is 0 Å². The number of unbranched alkanes of at least 4 members (excludes halogenated alkanes) is 2. The zero-order valence-electron chi connectivity index (χ0n) is 18.7. The van der Waals surface area contributed by atoms with Crippen molar-refractivity contribution >= 4 is 21.6 Å². The summed E-state index contributed by atoms with van der Waals surface area (Å²) in [6.07, 6.45) is 2.06. The van der Waals surface area contributed by atoms with Gasteiger partial charge in [-0.3, -0.25) is 9.10 Å². The van der Waals surface area contributed by atoms with Crippen LogP contribution in [0.5, 0.6) is 5.75 Å². The molecule has 1 aliphatic rings. The Morgan fingerprint density at radius 2 is 1.84 bits per heavy atom. The molecule has 0 radical (unpaired) electrons. The van der Waals surface area contributed by atoms with Crippen molar-refractivity contribution in [3.05, 3.63) is 54.1 Å². The maximum Gasteiger partial charge on any atom is 0.264 e. The van der Waals surface area contributed by atoms with E-state index in [1.54, 1.807) is 36.4 Å². The second kappa shape index (κ2) is 9.30. The first kappa shape index (κ1) is 23.1. The van der Waals surface area contributed by atoms with E-state index in [0.717, 1.165) is 24.8 Å². The zero-order chi connectivity index (χ0) is 22.6. The summed E-state index contributed by atoms with van der Waals surface area (Å²) in [6, 6.07) is 13.8. The fourth-order valence-corrected chi connectivity index (χ4v) is 4.99. The molecule has 3 rings (SSSR count). The second-order valence-electron chi connectivity index (χ2n) is 8.89. The molecule has 0 aliphatic carbocycles. The van der Waals surface area contributed by atoms with Gasteiger partial charge in [-0.25, -0.2) is 8.42 Å². The van der Waals surface area contributed by atoms with E-state index < -0.39 is 16.1 Å². The molecule has 1 aliphatic heterocycles. The van der Waals surface area contributed by atoms with Gasteiger partial charge in [-0.2, -0.15) is 0 Å². The first-order valence-corrected chi connectivity index (χ1v) is 12.3. The lowest BCUT2D eigenvalue weighted by molar-refractivity contribution is -0.127. The molecular weight excluding hydrogens is 412 g/mol. The van der Waals surface area contributed by atoms with E-state index in [1.807, 2.05) is 12.1 Å². The molecule has 1 heterocycles. The van der Waals surface area contributed by atoms with Gasteiger partial charge in [0.1, 0.15) is 5.75 Å². The van der Waals surface area contributed by atoms with Crippen molar-refractivity contribution in [2.24, 2.45) is 0 Å². The molecule has 0 aromatic heterocycles. The second-order valence-corrected chi connectivity index (χ2v) is 10.7. The smallest absolute Gasteiger partial charge is 0.264 e. The van der Waals surface area contributed by atoms with Crippen LogP contribution in [0.2, 0.25) is 0 Å². The van der Waals surface area contributed by atoms with Gasteiger partial charge in [-0.15, -0.1) is 0 Å². The Hall–Kier alpha value is -2.54. The van der Waals surface area contributed by atoms with Gasteiger partial charge in [0.2, 0.25) is 0 Å². The first-order chi connectivity index (χ1) is 14.6. The van der Waals surface area contributed by atoms with Gasteiger partial charge in [-0.1, -0.05) is 64.8 Å². The molecule has 1 atom stereocenters. The molecule has 1 amide bonds. The molecule has 6 nitrogen and oxygen atoms in total. The quantitative estimate of drug-likeness (QED) is 0.648. The highest BCUT2D eigenvalue weighted by atomic mass is 32.2. The van der Waals surface area contributed by atoms with Crippen molar-refractivity contribution in [2.75, 3.05) is 17.4 Å². The summed E-state index contributed by atoms with van der Waals surface area (Å²) >= 11 is 0. The summed E-state index contributed by atoms with van der Waals surface area (Å²) in [7, 11) is -3.86. The number of ether oxygens (including phenoxy) is 1. The maximum absolute atomic E-state index is 13.5. The SMILES string of the molecule is CCCCCNC(=O)[C@H]1CN(S(=O)(=O)c2ccccc2)c2cc(C(C)(C)C)ccc2O1. The third-order valence-corrected chi connectivity index (χ3v) is 7.19. The fourth-order valence-electron chi connectivity index (χ4n) is 3.50. The summed E-state index contributed by atoms with van der Waals surface area (Å²) in [6.45, 7) is 8.79. The van der Waals surface area contributed by atoms with Crippen molar-refractivity contribution in [2.45, 2.75) is 63.4 Å². The number of benzene rings is 2. The predicted molar refractivity (Wildman–Crippen MR) is 123 cm³/mol. The Morgan fingerprint density at radius 1 is 1.13 bits per heavy atom. The number of amides is 1. The number of rotatable bonds is 7. The van der Waals surface area contributed by atoms with Gasteiger partial charge in [0.15, 0.2) is 6.10 Å². The first-order valence-electron chi connectivity index (χ1n) is 10.8. The van der Waals surface area contributed by atoms with Gasteiger partial charge < -0.3 is 10.1 Å². The van der Waals surface area contributed by atoms with E-state index in [1.165, 1.54) is 4.31 Å². The van der Waals surface area contributed by atoms with E-state index in [-0.39, 0.29) is 22.8 Å². The standard InChI is InChI=1S/C24H32N2O4S/c1-5-6-10-15-25-23(27)22-17-26(31(28,29)19-11-8-7-9-12-19)20-16-18(24(2,3)4)13-14-21(20)30-22/h7-9,11-14,16,22H,5-6,10,15,17H2,1-4H3,(H,25,27)/t22-/m1/s1. The largest absolute Gasteiger partial charge is 0.476 e. The Kier molecular flexibility index (Phi) is 6.94. The molecule has 2 aromatic rings. The molecule has 0 saturated carbocycles. The van der Waals surface area contributed by atoms with Crippen molar-refractivity contribution in [3.8, 4) is 5.75 Å². The highest BCUT2D eigenvalue weighted by Gasteiger charge is 2.38. The molecule has 0 spiro atoms. The topological polar surface area (TPSA) is 75.7 Å². The molecule has 31 heavy (non-hydrogen) atoms. The van der Waals surface area contributed by atoms with Crippen molar-refractivity contribution in [3.63, 3.8) is 0 Å². The van der Waals surface area contributed by atoms with E-state index in [0.29, 0.717) is 18.0 Å². The van der Waals surface area contributed by atoms with Crippen LogP contribution in [0, 0.1) is 0 Å². The zero-order valence-corrected chi connectivity index (χ0v) is 19.5. The molecule has 0 bridgehead atoms. The van der Waals surface area contributed by atoms with Gasteiger partial charge in [0.25, 0.3) is 15.9 Å². The minimum Gasteiger partial charge on any atom is -0.476 e. The third kappa shape index (κ3) is 5.21. The average molecular weight is 445 g/mol. The molecule has 168 valence electrons. The van der Waals surface area contributed by atoms with Crippen LogP contribution >= 0.6 is 0 Å². The maximum atomic E-state index is 13.5. The number of carbonyl (C=O) groups excluding carboxylic acids is 1. The van der Waals surface area contributed by atoms with Crippen molar-refractivity contribution in [1.82, 2.24) is 5.32 Å². The van der Waals surface area contributed by atoms with Crippen LogP contribution in [0.4, 0.5) is 5.69 Å².